The fraction of sp³-hybridized carbons (Fsp3) is 0.588. The van der Waals surface area contributed by atoms with Gasteiger partial charge in [0.2, 0.25) is 0 Å². The van der Waals surface area contributed by atoms with Gasteiger partial charge in [-0.1, -0.05) is 32.8 Å². The number of hydrogen-bond acceptors (Lipinski definition) is 3. The fourth-order valence-electron chi connectivity index (χ4n) is 2.98. The zero-order chi connectivity index (χ0) is 13.9. The van der Waals surface area contributed by atoms with Gasteiger partial charge in [0.1, 0.15) is 5.52 Å². The summed E-state index contributed by atoms with van der Waals surface area (Å²) in [6.45, 7) is 6.29. The largest absolute Gasteiger partial charge is 0.440 e. The second kappa shape index (κ2) is 5.96. The molecule has 0 radical (unpaired) electrons. The monoisotopic (exact) mass is 272 g/mol. The van der Waals surface area contributed by atoms with Crippen molar-refractivity contribution in [2.45, 2.75) is 52.0 Å². The number of hydrogen-bond donors (Lipinski definition) is 1. The van der Waals surface area contributed by atoms with E-state index < -0.39 is 0 Å². The van der Waals surface area contributed by atoms with Crippen molar-refractivity contribution >= 4 is 11.1 Å². The Morgan fingerprint density at radius 1 is 1.30 bits per heavy atom. The molecule has 1 aromatic heterocycles. The van der Waals surface area contributed by atoms with Crippen LogP contribution in [0, 0.1) is 5.92 Å². The maximum Gasteiger partial charge on any atom is 0.198 e. The van der Waals surface area contributed by atoms with E-state index in [0.717, 1.165) is 36.0 Å². The van der Waals surface area contributed by atoms with Gasteiger partial charge in [-0.3, -0.25) is 0 Å². The lowest BCUT2D eigenvalue weighted by Gasteiger charge is -2.10. The normalized spacial score (nSPS) is 16.6. The van der Waals surface area contributed by atoms with E-state index in [1.54, 1.807) is 0 Å². The van der Waals surface area contributed by atoms with Crippen molar-refractivity contribution in [3.63, 3.8) is 0 Å². The lowest BCUT2D eigenvalue weighted by molar-refractivity contribution is 0.489. The molecule has 20 heavy (non-hydrogen) atoms. The molecular weight excluding hydrogens is 248 g/mol. The van der Waals surface area contributed by atoms with Gasteiger partial charge in [0, 0.05) is 12.5 Å². The summed E-state index contributed by atoms with van der Waals surface area (Å²) < 4.78 is 5.74. The molecule has 0 saturated heterocycles. The van der Waals surface area contributed by atoms with Crippen LogP contribution < -0.4 is 5.32 Å². The maximum absolute atomic E-state index is 5.74. The number of aromatic nitrogens is 1. The molecule has 108 valence electrons. The summed E-state index contributed by atoms with van der Waals surface area (Å²) in [7, 11) is 0. The quantitative estimate of drug-likeness (QED) is 0.885. The van der Waals surface area contributed by atoms with E-state index in [4.69, 9.17) is 4.42 Å². The Morgan fingerprint density at radius 3 is 2.85 bits per heavy atom. The molecule has 1 N–H and O–H groups in total. The first kappa shape index (κ1) is 13.6. The summed E-state index contributed by atoms with van der Waals surface area (Å²) in [5.41, 5.74) is 3.17. The van der Waals surface area contributed by atoms with E-state index in [-0.39, 0.29) is 0 Å². The van der Waals surface area contributed by atoms with E-state index in [2.05, 4.69) is 36.3 Å². The molecule has 1 heterocycles. The van der Waals surface area contributed by atoms with Crippen LogP contribution in [0.1, 0.15) is 56.9 Å². The molecular formula is C17H24N2O. The Kier molecular flexibility index (Phi) is 4.06. The molecule has 0 aliphatic heterocycles. The summed E-state index contributed by atoms with van der Waals surface area (Å²) in [5, 5.41) is 3.58. The predicted octanol–water partition coefficient (Wildman–Crippen LogP) is 4.23. The van der Waals surface area contributed by atoms with Crippen LogP contribution in [0.15, 0.2) is 22.6 Å². The number of fused-ring (bicyclic) bond motifs is 1. The van der Waals surface area contributed by atoms with Crippen molar-refractivity contribution in [1.82, 2.24) is 10.3 Å². The minimum absolute atomic E-state index is 0.339. The van der Waals surface area contributed by atoms with E-state index in [0.29, 0.717) is 5.92 Å². The molecule has 3 rings (SSSR count). The summed E-state index contributed by atoms with van der Waals surface area (Å²) in [6.07, 6.45) is 5.62. The highest BCUT2D eigenvalue weighted by Gasteiger charge is 2.14. The lowest BCUT2D eigenvalue weighted by Crippen LogP contribution is -2.20. The molecule has 1 aromatic carbocycles. The first-order valence-corrected chi connectivity index (χ1v) is 7.82. The van der Waals surface area contributed by atoms with E-state index in [9.17, 15) is 0 Å². The third kappa shape index (κ3) is 3.04. The molecule has 0 bridgehead atoms. The predicted molar refractivity (Wildman–Crippen MR) is 81.8 cm³/mol. The summed E-state index contributed by atoms with van der Waals surface area (Å²) in [4.78, 5) is 4.56. The van der Waals surface area contributed by atoms with Crippen molar-refractivity contribution in [2.75, 3.05) is 6.54 Å². The van der Waals surface area contributed by atoms with Crippen molar-refractivity contribution in [1.29, 1.82) is 0 Å². The topological polar surface area (TPSA) is 38.1 Å². The van der Waals surface area contributed by atoms with Crippen molar-refractivity contribution < 1.29 is 4.42 Å². The summed E-state index contributed by atoms with van der Waals surface area (Å²) in [6, 6.07) is 6.33. The molecule has 0 spiro atoms. The molecule has 0 unspecified atom stereocenters. The summed E-state index contributed by atoms with van der Waals surface area (Å²) >= 11 is 0. The van der Waals surface area contributed by atoms with Gasteiger partial charge >= 0.3 is 0 Å². The highest BCUT2D eigenvalue weighted by atomic mass is 16.3. The smallest absolute Gasteiger partial charge is 0.198 e. The molecule has 1 fully saturated rings. The molecule has 2 aromatic rings. The lowest BCUT2D eigenvalue weighted by atomic mass is 10.1. The fourth-order valence-corrected chi connectivity index (χ4v) is 2.98. The maximum atomic E-state index is 5.74. The van der Waals surface area contributed by atoms with Gasteiger partial charge in [0.15, 0.2) is 11.5 Å². The molecule has 1 aliphatic rings. The van der Waals surface area contributed by atoms with Crippen LogP contribution in [-0.2, 0) is 6.54 Å². The first-order valence-electron chi connectivity index (χ1n) is 7.82. The zero-order valence-corrected chi connectivity index (χ0v) is 12.5. The van der Waals surface area contributed by atoms with Crippen molar-refractivity contribution in [3.8, 4) is 0 Å². The second-order valence-corrected chi connectivity index (χ2v) is 6.29. The molecule has 0 amide bonds. The van der Waals surface area contributed by atoms with Gasteiger partial charge in [0.25, 0.3) is 0 Å². The first-order chi connectivity index (χ1) is 9.72. The Labute approximate surface area is 120 Å². The van der Waals surface area contributed by atoms with Crippen LogP contribution in [-0.4, -0.2) is 11.5 Å². The second-order valence-electron chi connectivity index (χ2n) is 6.29. The van der Waals surface area contributed by atoms with Gasteiger partial charge in [0.05, 0.1) is 0 Å². The van der Waals surface area contributed by atoms with Crippen LogP contribution in [0.4, 0.5) is 0 Å². The average Bonchev–Trinajstić information content (AvgIpc) is 3.06. The van der Waals surface area contributed by atoms with Gasteiger partial charge < -0.3 is 9.73 Å². The van der Waals surface area contributed by atoms with Crippen LogP contribution in [0.2, 0.25) is 0 Å². The van der Waals surface area contributed by atoms with E-state index in [1.165, 1.54) is 31.2 Å². The van der Waals surface area contributed by atoms with Gasteiger partial charge in [-0.15, -0.1) is 0 Å². The zero-order valence-electron chi connectivity index (χ0n) is 12.5. The highest BCUT2D eigenvalue weighted by molar-refractivity contribution is 5.73. The molecule has 1 saturated carbocycles. The van der Waals surface area contributed by atoms with Crippen LogP contribution in [0.3, 0.4) is 0 Å². The highest BCUT2D eigenvalue weighted by Crippen LogP contribution is 2.24. The molecule has 3 nitrogen and oxygen atoms in total. The van der Waals surface area contributed by atoms with Crippen LogP contribution in [0.5, 0.6) is 0 Å². The minimum atomic E-state index is 0.339. The third-order valence-corrected chi connectivity index (χ3v) is 4.20. The SMILES string of the molecule is CC(C)c1nc2cc(CNCC3CCCC3)ccc2o1. The standard InChI is InChI=1S/C17H24N2O/c1-12(2)17-19-15-9-14(7-8-16(15)20-17)11-18-10-13-5-3-4-6-13/h7-9,12-13,18H,3-6,10-11H2,1-2H3. The molecule has 3 heteroatoms. The Bertz CT molecular complexity index is 567. The van der Waals surface area contributed by atoms with Gasteiger partial charge in [-0.05, 0) is 43.0 Å². The Morgan fingerprint density at radius 2 is 2.10 bits per heavy atom. The minimum Gasteiger partial charge on any atom is -0.440 e. The van der Waals surface area contributed by atoms with Crippen LogP contribution >= 0.6 is 0 Å². The van der Waals surface area contributed by atoms with Crippen LogP contribution in [0.25, 0.3) is 11.1 Å². The number of benzene rings is 1. The van der Waals surface area contributed by atoms with Crippen molar-refractivity contribution in [3.05, 3.63) is 29.7 Å². The third-order valence-electron chi connectivity index (χ3n) is 4.20. The summed E-state index contributed by atoms with van der Waals surface area (Å²) in [5.74, 6) is 2.06. The average molecular weight is 272 g/mol. The Balaban J connectivity index is 1.62. The van der Waals surface area contributed by atoms with Gasteiger partial charge in [-0.25, -0.2) is 4.98 Å². The Hall–Kier alpha value is -1.35. The van der Waals surface area contributed by atoms with E-state index in [1.807, 2.05) is 6.07 Å². The van der Waals surface area contributed by atoms with E-state index >= 15 is 0 Å². The van der Waals surface area contributed by atoms with Gasteiger partial charge in [-0.2, -0.15) is 0 Å². The number of nitrogens with one attached hydrogen (secondary N) is 1. The van der Waals surface area contributed by atoms with Crippen molar-refractivity contribution in [2.24, 2.45) is 5.92 Å². The molecule has 1 aliphatic carbocycles. The number of rotatable bonds is 5. The number of nitrogens with zero attached hydrogens (tertiary/aromatic N) is 1. The number of oxazole rings is 1. The molecule has 0 atom stereocenters.